The molecule has 9 heavy (non-hydrogen) atoms. The predicted octanol–water partition coefficient (Wildman–Crippen LogP) is -0.200. The molecule has 1 aromatic rings. The van der Waals surface area contributed by atoms with Crippen LogP contribution in [-0.4, -0.2) is 44.5 Å². The molecule has 0 aromatic carbocycles. The molecule has 0 atom stereocenters. The summed E-state index contributed by atoms with van der Waals surface area (Å²) in [5.74, 6) is 0. The van der Waals surface area contributed by atoms with E-state index in [1.54, 1.807) is 0 Å². The van der Waals surface area contributed by atoms with Gasteiger partial charge < -0.3 is 0 Å². The molecule has 1 aromatic heterocycles. The van der Waals surface area contributed by atoms with Gasteiger partial charge in [-0.15, -0.1) is 25.3 Å². The summed E-state index contributed by atoms with van der Waals surface area (Å²) in [6, 6.07) is 0. The third-order valence-electron chi connectivity index (χ3n) is 0.546. The number of hydrogen-bond donors (Lipinski definition) is 2. The zero-order valence-corrected chi connectivity index (χ0v) is 5.60. The van der Waals surface area contributed by atoms with Gasteiger partial charge in [0.05, 0.1) is 0 Å². The molecule has 1 rings (SSSR count). The first kappa shape index (κ1) is 9.71. The Kier molecular flexibility index (Phi) is 4.87. The van der Waals surface area contributed by atoms with Gasteiger partial charge in [-0.2, -0.15) is 4.98 Å². The van der Waals surface area contributed by atoms with Crippen molar-refractivity contribution in [3.63, 3.8) is 0 Å². The van der Waals surface area contributed by atoms with Crippen molar-refractivity contribution in [2.75, 3.05) is 0 Å². The number of nitrogens with zero attached hydrogens (tertiary/aromatic N) is 3. The normalized spacial score (nSPS) is 8.22. The van der Waals surface area contributed by atoms with E-state index in [2.05, 4.69) is 40.2 Å². The maximum absolute atomic E-state index is 3.84. The van der Waals surface area contributed by atoms with Crippen LogP contribution in [0.4, 0.5) is 0 Å². The quantitative estimate of drug-likeness (QED) is 0.417. The second-order valence-corrected chi connectivity index (χ2v) is 1.89. The SMILES string of the molecule is Sc1ncnc(S)n1.[NaH]. The van der Waals surface area contributed by atoms with Crippen LogP contribution in [0.5, 0.6) is 0 Å². The number of hydrogen-bond acceptors (Lipinski definition) is 5. The molecule has 0 bridgehead atoms. The Morgan fingerprint density at radius 1 is 1.11 bits per heavy atom. The molecule has 0 radical (unpaired) electrons. The summed E-state index contributed by atoms with van der Waals surface area (Å²) in [5, 5.41) is 0.787. The van der Waals surface area contributed by atoms with Crippen molar-refractivity contribution in [3.8, 4) is 0 Å². The van der Waals surface area contributed by atoms with Gasteiger partial charge in [0, 0.05) is 0 Å². The molecule has 6 heteroatoms. The van der Waals surface area contributed by atoms with Crippen molar-refractivity contribution in [2.24, 2.45) is 0 Å². The van der Waals surface area contributed by atoms with E-state index in [1.807, 2.05) is 0 Å². The Bertz CT molecular complexity index is 177. The monoisotopic (exact) mass is 169 g/mol. The van der Waals surface area contributed by atoms with Gasteiger partial charge in [0.25, 0.3) is 0 Å². The topological polar surface area (TPSA) is 38.7 Å². The summed E-state index contributed by atoms with van der Waals surface area (Å²) in [5.41, 5.74) is 0. The average Bonchev–Trinajstić information content (AvgIpc) is 1.64. The van der Waals surface area contributed by atoms with Gasteiger partial charge >= 0.3 is 29.6 Å². The molecule has 0 aliphatic rings. The molecule has 44 valence electrons. The first-order valence-corrected chi connectivity index (χ1v) is 2.75. The van der Waals surface area contributed by atoms with Gasteiger partial charge in [-0.25, -0.2) is 9.97 Å². The van der Waals surface area contributed by atoms with Gasteiger partial charge in [0.1, 0.15) is 6.33 Å². The van der Waals surface area contributed by atoms with Crippen molar-refractivity contribution in [2.45, 2.75) is 10.3 Å². The van der Waals surface area contributed by atoms with Crippen molar-refractivity contribution >= 4 is 54.8 Å². The van der Waals surface area contributed by atoms with Crippen molar-refractivity contribution in [1.82, 2.24) is 15.0 Å². The van der Waals surface area contributed by atoms with E-state index in [0.717, 1.165) is 0 Å². The molecule has 0 saturated heterocycles. The predicted molar refractivity (Wildman–Crippen MR) is 41.5 cm³/mol. The van der Waals surface area contributed by atoms with Gasteiger partial charge in [-0.05, 0) is 0 Å². The average molecular weight is 169 g/mol. The molecule has 0 fully saturated rings. The molecular weight excluding hydrogens is 165 g/mol. The first-order valence-electron chi connectivity index (χ1n) is 1.86. The van der Waals surface area contributed by atoms with Gasteiger partial charge in [0.2, 0.25) is 0 Å². The van der Waals surface area contributed by atoms with E-state index in [9.17, 15) is 0 Å². The van der Waals surface area contributed by atoms with Crippen LogP contribution in [0.15, 0.2) is 16.6 Å². The number of thiol groups is 2. The van der Waals surface area contributed by atoms with Crippen LogP contribution in [-0.2, 0) is 0 Å². The summed E-state index contributed by atoms with van der Waals surface area (Å²) in [6.45, 7) is 0. The standard InChI is InChI=1S/C3H3N3S2.Na.H/c7-2-4-1-5-3(8)6-2;;/h1H,(H2,4,5,6,7,8);;. The van der Waals surface area contributed by atoms with E-state index in [4.69, 9.17) is 0 Å². The van der Waals surface area contributed by atoms with Crippen LogP contribution >= 0.6 is 25.3 Å². The van der Waals surface area contributed by atoms with Crippen LogP contribution < -0.4 is 0 Å². The summed E-state index contributed by atoms with van der Waals surface area (Å²) in [7, 11) is 0. The molecule has 0 aliphatic heterocycles. The molecule has 0 N–H and O–H groups in total. The van der Waals surface area contributed by atoms with Crippen LogP contribution in [0.3, 0.4) is 0 Å². The fourth-order valence-corrected chi connectivity index (χ4v) is 0.651. The van der Waals surface area contributed by atoms with E-state index >= 15 is 0 Å². The van der Waals surface area contributed by atoms with Crippen LogP contribution in [0.25, 0.3) is 0 Å². The Balaban J connectivity index is 0.000000640. The van der Waals surface area contributed by atoms with Crippen LogP contribution in [0, 0.1) is 0 Å². The van der Waals surface area contributed by atoms with Gasteiger partial charge in [-0.3, -0.25) is 0 Å². The minimum atomic E-state index is 0. The fourth-order valence-electron chi connectivity index (χ4n) is 0.279. The summed E-state index contributed by atoms with van der Waals surface area (Å²) in [4.78, 5) is 10.9. The third kappa shape index (κ3) is 3.42. The zero-order valence-electron chi connectivity index (χ0n) is 3.81. The summed E-state index contributed by atoms with van der Waals surface area (Å²) < 4.78 is 0. The maximum atomic E-state index is 3.84. The van der Waals surface area contributed by atoms with E-state index in [0.29, 0.717) is 10.3 Å². The molecule has 0 aliphatic carbocycles. The second-order valence-electron chi connectivity index (χ2n) is 1.09. The van der Waals surface area contributed by atoms with E-state index < -0.39 is 0 Å². The molecule has 0 unspecified atom stereocenters. The summed E-state index contributed by atoms with van der Waals surface area (Å²) in [6.07, 6.45) is 1.36. The zero-order chi connectivity index (χ0) is 5.98. The van der Waals surface area contributed by atoms with Gasteiger partial charge in [-0.1, -0.05) is 0 Å². The Morgan fingerprint density at radius 3 is 1.78 bits per heavy atom. The van der Waals surface area contributed by atoms with Crippen LogP contribution in [0.1, 0.15) is 0 Å². The molecule has 0 saturated carbocycles. The minimum absolute atomic E-state index is 0. The molecule has 1 heterocycles. The van der Waals surface area contributed by atoms with E-state index in [1.165, 1.54) is 6.33 Å². The van der Waals surface area contributed by atoms with Gasteiger partial charge in [0.15, 0.2) is 10.3 Å². The molecular formula is C3H4N3NaS2. The summed E-state index contributed by atoms with van der Waals surface area (Å²) >= 11 is 7.69. The molecule has 3 nitrogen and oxygen atoms in total. The third-order valence-corrected chi connectivity index (χ3v) is 0.977. The fraction of sp³-hybridized carbons (Fsp3) is 0. The first-order chi connectivity index (χ1) is 3.79. The Hall–Kier alpha value is 0.710. The van der Waals surface area contributed by atoms with Crippen molar-refractivity contribution < 1.29 is 0 Å². The Labute approximate surface area is 85.8 Å². The second kappa shape index (κ2) is 4.51. The van der Waals surface area contributed by atoms with Crippen molar-refractivity contribution in [3.05, 3.63) is 6.33 Å². The van der Waals surface area contributed by atoms with E-state index in [-0.39, 0.29) is 29.6 Å². The van der Waals surface area contributed by atoms with Crippen LogP contribution in [0.2, 0.25) is 0 Å². The molecule has 0 amide bonds. The Morgan fingerprint density at radius 2 is 1.56 bits per heavy atom. The van der Waals surface area contributed by atoms with Crippen molar-refractivity contribution in [1.29, 1.82) is 0 Å². The molecule has 0 spiro atoms. The number of aromatic nitrogens is 3. The number of rotatable bonds is 0.